The fraction of sp³-hybridized carbons (Fsp3) is 0.0882. The predicted molar refractivity (Wildman–Crippen MR) is 151 cm³/mol. The molecule has 0 unspecified atom stereocenters. The summed E-state index contributed by atoms with van der Waals surface area (Å²) in [6, 6.07) is 37.9. The minimum atomic E-state index is -0.743. The molecule has 0 fully saturated rings. The summed E-state index contributed by atoms with van der Waals surface area (Å²) in [5, 5.41) is 5.12. The highest BCUT2D eigenvalue weighted by atomic mass is 19.1. The Morgan fingerprint density at radius 1 is 0.615 bits per heavy atom. The molecule has 0 atom stereocenters. The number of fused-ring (bicyclic) bond motifs is 3. The average molecular weight is 509 g/mol. The molecule has 4 aromatic carbocycles. The Hall–Kier alpha value is -4.90. The molecule has 7 rings (SSSR count). The molecule has 0 saturated heterocycles. The van der Waals surface area contributed by atoms with E-state index >= 15 is 0 Å². The van der Waals surface area contributed by atoms with Gasteiger partial charge in [-0.05, 0) is 59.4 Å². The standard InChI is InChI=1S/C34H25FN4/c35-30-20-18-24(19-21-30)33-36-22-25-16-17-26-23-37-39(32(26)31(25)38-33)34(27-10-4-1-5-11-27,28-12-6-2-7-13-28)29-14-8-3-9-15-29/h1-15,18-23H,16-17H2. The van der Waals surface area contributed by atoms with Gasteiger partial charge >= 0.3 is 0 Å². The molecule has 6 aromatic rings. The van der Waals surface area contributed by atoms with Gasteiger partial charge < -0.3 is 0 Å². The van der Waals surface area contributed by atoms with Crippen molar-refractivity contribution in [2.75, 3.05) is 0 Å². The van der Waals surface area contributed by atoms with Crippen LogP contribution in [0.3, 0.4) is 0 Å². The molecule has 1 aliphatic carbocycles. The van der Waals surface area contributed by atoms with Crippen LogP contribution in [0, 0.1) is 5.82 Å². The number of aryl methyl sites for hydroxylation is 2. The lowest BCUT2D eigenvalue weighted by molar-refractivity contribution is 0.464. The number of nitrogens with zero attached hydrogens (tertiary/aromatic N) is 4. The largest absolute Gasteiger partial charge is 0.243 e. The summed E-state index contributed by atoms with van der Waals surface area (Å²) in [5.41, 5.74) is 7.44. The smallest absolute Gasteiger partial charge is 0.159 e. The number of hydrogen-bond acceptors (Lipinski definition) is 3. The molecule has 1 aliphatic rings. The first-order valence-corrected chi connectivity index (χ1v) is 13.1. The maximum absolute atomic E-state index is 13.6. The number of hydrogen-bond donors (Lipinski definition) is 0. The van der Waals surface area contributed by atoms with Gasteiger partial charge in [0.25, 0.3) is 0 Å². The van der Waals surface area contributed by atoms with E-state index in [1.54, 1.807) is 12.1 Å². The summed E-state index contributed by atoms with van der Waals surface area (Å²) in [6.45, 7) is 0. The summed E-state index contributed by atoms with van der Waals surface area (Å²) in [5.74, 6) is 0.287. The quantitative estimate of drug-likeness (QED) is 0.234. The Balaban J connectivity index is 1.54. The predicted octanol–water partition coefficient (Wildman–Crippen LogP) is 7.09. The van der Waals surface area contributed by atoms with Crippen LogP contribution in [0.25, 0.3) is 22.8 Å². The SMILES string of the molecule is Fc1ccc(-c2ncc3c(n2)-c2c(cnn2C(c2ccccc2)(c2ccccc2)c2ccccc2)CC3)cc1. The summed E-state index contributed by atoms with van der Waals surface area (Å²) in [4.78, 5) is 9.74. The van der Waals surface area contributed by atoms with Crippen LogP contribution in [0.15, 0.2) is 128 Å². The highest BCUT2D eigenvalue weighted by molar-refractivity contribution is 5.70. The Labute approximate surface area is 226 Å². The highest BCUT2D eigenvalue weighted by Crippen LogP contribution is 2.45. The van der Waals surface area contributed by atoms with Crippen LogP contribution in [0.2, 0.25) is 0 Å². The molecule has 0 bridgehead atoms. The zero-order valence-corrected chi connectivity index (χ0v) is 21.2. The Bertz CT molecular complexity index is 1650. The molecule has 39 heavy (non-hydrogen) atoms. The van der Waals surface area contributed by atoms with E-state index in [4.69, 9.17) is 10.1 Å². The van der Waals surface area contributed by atoms with E-state index in [1.165, 1.54) is 12.1 Å². The van der Waals surface area contributed by atoms with Gasteiger partial charge in [0.1, 0.15) is 11.4 Å². The van der Waals surface area contributed by atoms with Crippen molar-refractivity contribution in [2.24, 2.45) is 0 Å². The van der Waals surface area contributed by atoms with Crippen molar-refractivity contribution < 1.29 is 4.39 Å². The van der Waals surface area contributed by atoms with Crippen LogP contribution >= 0.6 is 0 Å². The zero-order valence-electron chi connectivity index (χ0n) is 21.2. The first-order valence-electron chi connectivity index (χ1n) is 13.1. The summed E-state index contributed by atoms with van der Waals surface area (Å²) in [6.07, 6.45) is 5.60. The molecule has 0 radical (unpaired) electrons. The van der Waals surface area contributed by atoms with Gasteiger partial charge in [-0.15, -0.1) is 0 Å². The summed E-state index contributed by atoms with van der Waals surface area (Å²) in [7, 11) is 0. The van der Waals surface area contributed by atoms with Gasteiger partial charge in [0.05, 0.1) is 17.6 Å². The van der Waals surface area contributed by atoms with Crippen molar-refractivity contribution in [3.63, 3.8) is 0 Å². The molecular weight excluding hydrogens is 483 g/mol. The van der Waals surface area contributed by atoms with Crippen LogP contribution in [0.1, 0.15) is 27.8 Å². The Morgan fingerprint density at radius 3 is 1.72 bits per heavy atom. The van der Waals surface area contributed by atoms with Crippen LogP contribution in [-0.2, 0) is 18.4 Å². The van der Waals surface area contributed by atoms with Crippen LogP contribution in [0.5, 0.6) is 0 Å². The topological polar surface area (TPSA) is 43.6 Å². The number of rotatable bonds is 5. The molecule has 0 aliphatic heterocycles. The van der Waals surface area contributed by atoms with E-state index in [0.717, 1.165) is 57.6 Å². The van der Waals surface area contributed by atoms with Gasteiger partial charge in [-0.25, -0.2) is 19.0 Å². The third-order valence-corrected chi connectivity index (χ3v) is 7.59. The lowest BCUT2D eigenvalue weighted by atomic mass is 9.76. The molecule has 5 heteroatoms. The van der Waals surface area contributed by atoms with Gasteiger partial charge in [0.2, 0.25) is 0 Å². The van der Waals surface area contributed by atoms with E-state index < -0.39 is 5.54 Å². The van der Waals surface area contributed by atoms with E-state index in [2.05, 4.69) is 82.5 Å². The number of aromatic nitrogens is 4. The van der Waals surface area contributed by atoms with Crippen LogP contribution in [0.4, 0.5) is 4.39 Å². The van der Waals surface area contributed by atoms with Crippen molar-refractivity contribution in [2.45, 2.75) is 18.4 Å². The van der Waals surface area contributed by atoms with Gasteiger partial charge in [0, 0.05) is 17.3 Å². The maximum Gasteiger partial charge on any atom is 0.159 e. The molecular formula is C34H25FN4. The Morgan fingerprint density at radius 2 is 1.15 bits per heavy atom. The van der Waals surface area contributed by atoms with E-state index in [-0.39, 0.29) is 5.82 Å². The van der Waals surface area contributed by atoms with Gasteiger partial charge in [-0.2, -0.15) is 5.10 Å². The highest BCUT2D eigenvalue weighted by Gasteiger charge is 2.42. The first kappa shape index (κ1) is 23.2. The number of benzene rings is 4. The molecule has 2 heterocycles. The molecule has 188 valence electrons. The number of halogens is 1. The second kappa shape index (κ2) is 9.44. The van der Waals surface area contributed by atoms with Crippen molar-refractivity contribution in [3.8, 4) is 22.8 Å². The maximum atomic E-state index is 13.6. The Kier molecular flexibility index (Phi) is 5.63. The third kappa shape index (κ3) is 3.77. The molecule has 4 nitrogen and oxygen atoms in total. The summed E-state index contributed by atoms with van der Waals surface area (Å²) < 4.78 is 15.8. The molecule has 0 amide bonds. The second-order valence-corrected chi connectivity index (χ2v) is 9.81. The van der Waals surface area contributed by atoms with E-state index in [0.29, 0.717) is 5.82 Å². The third-order valence-electron chi connectivity index (χ3n) is 7.59. The molecule has 0 spiro atoms. The monoisotopic (exact) mass is 508 g/mol. The molecule has 0 saturated carbocycles. The van der Waals surface area contributed by atoms with Gasteiger partial charge in [-0.1, -0.05) is 91.0 Å². The lowest BCUT2D eigenvalue weighted by Gasteiger charge is -2.38. The average Bonchev–Trinajstić information content (AvgIpc) is 3.44. The minimum absolute atomic E-state index is 0.282. The normalized spacial score (nSPS) is 12.5. The van der Waals surface area contributed by atoms with Crippen LogP contribution in [-0.4, -0.2) is 19.7 Å². The van der Waals surface area contributed by atoms with Crippen molar-refractivity contribution >= 4 is 0 Å². The fourth-order valence-corrected chi connectivity index (χ4v) is 5.78. The van der Waals surface area contributed by atoms with Crippen LogP contribution < -0.4 is 0 Å². The van der Waals surface area contributed by atoms with Gasteiger partial charge in [0.15, 0.2) is 5.82 Å². The van der Waals surface area contributed by atoms with Crippen molar-refractivity contribution in [3.05, 3.63) is 161 Å². The van der Waals surface area contributed by atoms with E-state index in [9.17, 15) is 4.39 Å². The lowest BCUT2D eigenvalue weighted by Crippen LogP contribution is -2.39. The second-order valence-electron chi connectivity index (χ2n) is 9.81. The first-order chi connectivity index (χ1) is 19.2. The fourth-order valence-electron chi connectivity index (χ4n) is 5.78. The van der Waals surface area contributed by atoms with Crippen molar-refractivity contribution in [1.29, 1.82) is 0 Å². The molecule has 0 N–H and O–H groups in total. The zero-order chi connectivity index (χ0) is 26.2. The summed E-state index contributed by atoms with van der Waals surface area (Å²) >= 11 is 0. The van der Waals surface area contributed by atoms with E-state index in [1.807, 2.05) is 30.6 Å². The molecule has 2 aromatic heterocycles. The van der Waals surface area contributed by atoms with Crippen molar-refractivity contribution in [1.82, 2.24) is 19.7 Å². The van der Waals surface area contributed by atoms with Gasteiger partial charge in [-0.3, -0.25) is 0 Å². The minimum Gasteiger partial charge on any atom is -0.243 e.